The second-order valence-electron chi connectivity index (χ2n) is 5.30. The molecule has 0 spiro atoms. The standard InChI is InChI=1S/C15H21N3O2/c1-11-12(2)15(20)18(14(11)19)8-4-7-17-10-13-5-3-6-16-9-13/h3,5-6,9,11-12,17H,4,7-8,10H2,1-2H3. The molecule has 2 heterocycles. The van der Waals surface area contributed by atoms with Gasteiger partial charge < -0.3 is 5.32 Å². The van der Waals surface area contributed by atoms with Crippen LogP contribution >= 0.6 is 0 Å². The molecule has 20 heavy (non-hydrogen) atoms. The number of amides is 2. The third-order valence-corrected chi connectivity index (χ3v) is 3.85. The number of rotatable bonds is 6. The van der Waals surface area contributed by atoms with Gasteiger partial charge in [-0.05, 0) is 24.6 Å². The fraction of sp³-hybridized carbons (Fsp3) is 0.533. The van der Waals surface area contributed by atoms with Crippen molar-refractivity contribution >= 4 is 11.8 Å². The van der Waals surface area contributed by atoms with Crippen molar-refractivity contribution in [3.63, 3.8) is 0 Å². The van der Waals surface area contributed by atoms with Crippen molar-refractivity contribution in [3.8, 4) is 0 Å². The first-order chi connectivity index (χ1) is 9.61. The highest BCUT2D eigenvalue weighted by Gasteiger charge is 2.41. The van der Waals surface area contributed by atoms with Crippen LogP contribution in [0.15, 0.2) is 24.5 Å². The van der Waals surface area contributed by atoms with Gasteiger partial charge in [-0.2, -0.15) is 0 Å². The van der Waals surface area contributed by atoms with Crippen LogP contribution in [0.25, 0.3) is 0 Å². The number of likely N-dealkylation sites (tertiary alicyclic amines) is 1. The first-order valence-electron chi connectivity index (χ1n) is 7.06. The molecular formula is C15H21N3O2. The first-order valence-corrected chi connectivity index (χ1v) is 7.06. The molecule has 0 radical (unpaired) electrons. The van der Waals surface area contributed by atoms with Gasteiger partial charge in [0.05, 0.1) is 0 Å². The normalized spacial score (nSPS) is 22.6. The smallest absolute Gasteiger partial charge is 0.232 e. The Morgan fingerprint density at radius 3 is 2.55 bits per heavy atom. The topological polar surface area (TPSA) is 62.3 Å². The molecule has 5 nitrogen and oxygen atoms in total. The van der Waals surface area contributed by atoms with E-state index >= 15 is 0 Å². The number of carbonyl (C=O) groups excluding carboxylic acids is 2. The van der Waals surface area contributed by atoms with Crippen molar-refractivity contribution in [1.29, 1.82) is 0 Å². The summed E-state index contributed by atoms with van der Waals surface area (Å²) in [6.45, 7) is 5.68. The average Bonchev–Trinajstić information content (AvgIpc) is 2.65. The molecule has 0 saturated carbocycles. The Bertz CT molecular complexity index is 455. The second-order valence-corrected chi connectivity index (χ2v) is 5.30. The van der Waals surface area contributed by atoms with Crippen molar-refractivity contribution in [1.82, 2.24) is 15.2 Å². The van der Waals surface area contributed by atoms with Gasteiger partial charge in [0.2, 0.25) is 11.8 Å². The quantitative estimate of drug-likeness (QED) is 0.626. The van der Waals surface area contributed by atoms with E-state index in [0.29, 0.717) is 6.54 Å². The van der Waals surface area contributed by atoms with Crippen LogP contribution in [0.2, 0.25) is 0 Å². The Kier molecular flexibility index (Phi) is 4.84. The van der Waals surface area contributed by atoms with E-state index in [1.54, 1.807) is 6.20 Å². The number of hydrogen-bond donors (Lipinski definition) is 1. The predicted molar refractivity (Wildman–Crippen MR) is 75.6 cm³/mol. The summed E-state index contributed by atoms with van der Waals surface area (Å²) in [5, 5.41) is 3.29. The summed E-state index contributed by atoms with van der Waals surface area (Å²) in [5.74, 6) is -0.416. The van der Waals surface area contributed by atoms with Crippen molar-refractivity contribution in [2.75, 3.05) is 13.1 Å². The van der Waals surface area contributed by atoms with Crippen LogP contribution in [0, 0.1) is 11.8 Å². The lowest BCUT2D eigenvalue weighted by molar-refractivity contribution is -0.139. The number of imide groups is 1. The number of nitrogens with one attached hydrogen (secondary N) is 1. The number of carbonyl (C=O) groups is 2. The SMILES string of the molecule is CC1C(=O)N(CCCNCc2cccnc2)C(=O)C1C. The molecule has 2 amide bonds. The Morgan fingerprint density at radius 1 is 1.25 bits per heavy atom. The molecule has 108 valence electrons. The van der Waals surface area contributed by atoms with Gasteiger partial charge in [-0.15, -0.1) is 0 Å². The highest BCUT2D eigenvalue weighted by molar-refractivity contribution is 6.04. The van der Waals surface area contributed by atoms with Crippen LogP contribution in [-0.2, 0) is 16.1 Å². The lowest BCUT2D eigenvalue weighted by atomic mass is 10.00. The minimum absolute atomic E-state index is 0.0326. The molecule has 5 heteroatoms. The van der Waals surface area contributed by atoms with Gasteiger partial charge in [-0.25, -0.2) is 0 Å². The summed E-state index contributed by atoms with van der Waals surface area (Å²) in [4.78, 5) is 29.2. The summed E-state index contributed by atoms with van der Waals surface area (Å²) < 4.78 is 0. The highest BCUT2D eigenvalue weighted by Crippen LogP contribution is 2.25. The molecule has 1 aromatic rings. The van der Waals surface area contributed by atoms with E-state index in [1.165, 1.54) is 4.90 Å². The maximum absolute atomic E-state index is 11.9. The molecule has 1 aromatic heterocycles. The van der Waals surface area contributed by atoms with E-state index in [4.69, 9.17) is 0 Å². The van der Waals surface area contributed by atoms with Gasteiger partial charge in [0, 0.05) is 37.3 Å². The summed E-state index contributed by atoms with van der Waals surface area (Å²) in [6.07, 6.45) is 4.34. The molecule has 0 aliphatic carbocycles. The summed E-state index contributed by atoms with van der Waals surface area (Å²) in [6, 6.07) is 3.91. The molecule has 2 unspecified atom stereocenters. The van der Waals surface area contributed by atoms with E-state index < -0.39 is 0 Å². The van der Waals surface area contributed by atoms with E-state index in [2.05, 4.69) is 10.3 Å². The maximum Gasteiger partial charge on any atom is 0.232 e. The van der Waals surface area contributed by atoms with E-state index in [-0.39, 0.29) is 23.7 Å². The van der Waals surface area contributed by atoms with Gasteiger partial charge in [0.1, 0.15) is 0 Å². The van der Waals surface area contributed by atoms with Crippen molar-refractivity contribution in [3.05, 3.63) is 30.1 Å². The van der Waals surface area contributed by atoms with Crippen LogP contribution in [0.3, 0.4) is 0 Å². The third kappa shape index (κ3) is 3.22. The summed E-state index contributed by atoms with van der Waals surface area (Å²) in [5.41, 5.74) is 1.13. The average molecular weight is 275 g/mol. The minimum atomic E-state index is -0.175. The fourth-order valence-corrected chi connectivity index (χ4v) is 2.35. The molecule has 1 saturated heterocycles. The molecule has 2 atom stereocenters. The lowest BCUT2D eigenvalue weighted by Crippen LogP contribution is -2.33. The molecule has 1 fully saturated rings. The molecule has 1 N–H and O–H groups in total. The van der Waals surface area contributed by atoms with Gasteiger partial charge in [0.25, 0.3) is 0 Å². The molecule has 0 aromatic carbocycles. The van der Waals surface area contributed by atoms with Crippen LogP contribution in [0.4, 0.5) is 0 Å². The van der Waals surface area contributed by atoms with Gasteiger partial charge >= 0.3 is 0 Å². The Balaban J connectivity index is 1.69. The maximum atomic E-state index is 11.9. The monoisotopic (exact) mass is 275 g/mol. The van der Waals surface area contributed by atoms with Crippen molar-refractivity contribution < 1.29 is 9.59 Å². The Morgan fingerprint density at radius 2 is 1.95 bits per heavy atom. The number of nitrogens with zero attached hydrogens (tertiary/aromatic N) is 2. The van der Waals surface area contributed by atoms with Crippen LogP contribution in [0.1, 0.15) is 25.8 Å². The lowest BCUT2D eigenvalue weighted by Gasteiger charge is -2.14. The second kappa shape index (κ2) is 6.61. The molecular weight excluding hydrogens is 254 g/mol. The van der Waals surface area contributed by atoms with Gasteiger partial charge in [-0.1, -0.05) is 19.9 Å². The third-order valence-electron chi connectivity index (χ3n) is 3.85. The molecule has 0 bridgehead atoms. The first kappa shape index (κ1) is 14.7. The number of pyridine rings is 1. The van der Waals surface area contributed by atoms with Gasteiger partial charge in [-0.3, -0.25) is 19.5 Å². The summed E-state index contributed by atoms with van der Waals surface area (Å²) in [7, 11) is 0. The minimum Gasteiger partial charge on any atom is -0.313 e. The highest BCUT2D eigenvalue weighted by atomic mass is 16.2. The van der Waals surface area contributed by atoms with Crippen LogP contribution < -0.4 is 5.32 Å². The zero-order chi connectivity index (χ0) is 14.5. The van der Waals surface area contributed by atoms with E-state index in [1.807, 2.05) is 32.2 Å². The zero-order valence-electron chi connectivity index (χ0n) is 12.0. The zero-order valence-corrected chi connectivity index (χ0v) is 12.0. The van der Waals surface area contributed by atoms with E-state index in [9.17, 15) is 9.59 Å². The Hall–Kier alpha value is -1.75. The fourth-order valence-electron chi connectivity index (χ4n) is 2.35. The largest absolute Gasteiger partial charge is 0.313 e. The molecule has 1 aliphatic heterocycles. The van der Waals surface area contributed by atoms with Crippen LogP contribution in [-0.4, -0.2) is 34.8 Å². The molecule has 2 rings (SSSR count). The number of aromatic nitrogens is 1. The van der Waals surface area contributed by atoms with Crippen LogP contribution in [0.5, 0.6) is 0 Å². The van der Waals surface area contributed by atoms with Gasteiger partial charge in [0.15, 0.2) is 0 Å². The summed E-state index contributed by atoms with van der Waals surface area (Å²) >= 11 is 0. The van der Waals surface area contributed by atoms with E-state index in [0.717, 1.165) is 25.1 Å². The van der Waals surface area contributed by atoms with Crippen molar-refractivity contribution in [2.24, 2.45) is 11.8 Å². The Labute approximate surface area is 119 Å². The predicted octanol–water partition coefficient (Wildman–Crippen LogP) is 1.20. The molecule has 1 aliphatic rings. The number of hydrogen-bond acceptors (Lipinski definition) is 4. The van der Waals surface area contributed by atoms with Crippen molar-refractivity contribution in [2.45, 2.75) is 26.8 Å².